The van der Waals surface area contributed by atoms with Crippen molar-refractivity contribution in [3.05, 3.63) is 0 Å². The molecule has 0 aromatic rings. The van der Waals surface area contributed by atoms with Crippen LogP contribution in [0, 0.1) is 0 Å². The normalized spacial score (nSPS) is 10.7. The number of aliphatic carboxylic acids is 2. The van der Waals surface area contributed by atoms with Crippen molar-refractivity contribution in [3.8, 4) is 0 Å². The van der Waals surface area contributed by atoms with Crippen molar-refractivity contribution in [1.29, 1.82) is 0 Å². The van der Waals surface area contributed by atoms with Gasteiger partial charge in [-0.05, 0) is 53.8 Å². The molecule has 0 aliphatic rings. The summed E-state index contributed by atoms with van der Waals surface area (Å²) in [5.74, 6) is 5.40. The van der Waals surface area contributed by atoms with Crippen molar-refractivity contribution >= 4 is 59.0 Å². The zero-order valence-electron chi connectivity index (χ0n) is 12.1. The molecule has 0 heterocycles. The van der Waals surface area contributed by atoms with Crippen LogP contribution in [0.5, 0.6) is 0 Å². The molecule has 0 aromatic heterocycles. The van der Waals surface area contributed by atoms with Gasteiger partial charge in [0.05, 0.1) is 11.5 Å². The highest BCUT2D eigenvalue weighted by Crippen LogP contribution is 2.13. The maximum Gasteiger partial charge on any atom is 0.313 e. The Labute approximate surface area is 144 Å². The van der Waals surface area contributed by atoms with E-state index in [1.54, 1.807) is 0 Å². The molecule has 21 heavy (non-hydrogen) atoms. The van der Waals surface area contributed by atoms with Crippen molar-refractivity contribution in [2.24, 2.45) is 0 Å². The lowest BCUT2D eigenvalue weighted by atomic mass is 10.6. The second-order valence-corrected chi connectivity index (χ2v) is 8.84. The van der Waals surface area contributed by atoms with Gasteiger partial charge >= 0.3 is 11.9 Å². The van der Waals surface area contributed by atoms with E-state index >= 15 is 0 Å². The molecule has 0 aliphatic heterocycles. The van der Waals surface area contributed by atoms with Crippen LogP contribution in [0.15, 0.2) is 0 Å². The molecule has 0 fully saturated rings. The maximum absolute atomic E-state index is 10.3. The van der Waals surface area contributed by atoms with Crippen molar-refractivity contribution in [2.75, 3.05) is 46.0 Å². The smallest absolute Gasteiger partial charge is 0.313 e. The van der Waals surface area contributed by atoms with E-state index < -0.39 is 11.9 Å². The van der Waals surface area contributed by atoms with Crippen LogP contribution in [-0.4, -0.2) is 68.2 Å². The molecule has 0 rings (SSSR count). The first-order valence-corrected chi connectivity index (χ1v) is 11.5. The molecule has 0 radical (unpaired) electrons. The summed E-state index contributed by atoms with van der Waals surface area (Å²) in [4.78, 5) is 20.6. The largest absolute Gasteiger partial charge is 0.481 e. The van der Waals surface area contributed by atoms with Crippen LogP contribution in [0.4, 0.5) is 0 Å². The number of carboxylic acids is 2. The lowest BCUT2D eigenvalue weighted by Gasteiger charge is -2.03. The van der Waals surface area contributed by atoms with Crippen molar-refractivity contribution in [2.45, 2.75) is 19.3 Å². The standard InChI is InChI=1S/C13H24O4S4/c14-12(15)10-20-8-2-6-18-4-1-5-19-7-3-9-21-11-13(16)17/h1-11H2,(H,14,15)(H,16,17). The minimum atomic E-state index is -0.731. The fourth-order valence-corrected chi connectivity index (χ4v) is 5.00. The topological polar surface area (TPSA) is 74.6 Å². The summed E-state index contributed by atoms with van der Waals surface area (Å²) in [7, 11) is 0. The van der Waals surface area contributed by atoms with Gasteiger partial charge in [-0.25, -0.2) is 0 Å². The molecular formula is C13H24O4S4. The van der Waals surface area contributed by atoms with Crippen LogP contribution >= 0.6 is 47.0 Å². The van der Waals surface area contributed by atoms with Crippen LogP contribution in [-0.2, 0) is 9.59 Å². The zero-order valence-corrected chi connectivity index (χ0v) is 15.4. The minimum Gasteiger partial charge on any atom is -0.481 e. The van der Waals surface area contributed by atoms with Gasteiger partial charge in [0.1, 0.15) is 0 Å². The number of carbonyl (C=O) groups is 2. The van der Waals surface area contributed by atoms with Gasteiger partial charge in [0.15, 0.2) is 0 Å². The first-order chi connectivity index (χ1) is 10.1. The van der Waals surface area contributed by atoms with Gasteiger partial charge in [-0.3, -0.25) is 9.59 Å². The van der Waals surface area contributed by atoms with Crippen LogP contribution in [0.2, 0.25) is 0 Å². The highest BCUT2D eigenvalue weighted by atomic mass is 32.2. The molecule has 8 heteroatoms. The van der Waals surface area contributed by atoms with Crippen molar-refractivity contribution in [1.82, 2.24) is 0 Å². The molecule has 0 unspecified atom stereocenters. The molecule has 0 aliphatic carbocycles. The first kappa shape index (κ1) is 21.3. The van der Waals surface area contributed by atoms with Crippen LogP contribution < -0.4 is 0 Å². The first-order valence-electron chi connectivity index (χ1n) is 6.87. The van der Waals surface area contributed by atoms with Gasteiger partial charge in [0.2, 0.25) is 0 Å². The molecule has 124 valence electrons. The summed E-state index contributed by atoms with van der Waals surface area (Å²) < 4.78 is 0. The van der Waals surface area contributed by atoms with Crippen LogP contribution in [0.25, 0.3) is 0 Å². The van der Waals surface area contributed by atoms with Crippen LogP contribution in [0.1, 0.15) is 19.3 Å². The fraction of sp³-hybridized carbons (Fsp3) is 0.846. The Bertz CT molecular complexity index is 251. The Hall–Kier alpha value is 0.340. The summed E-state index contributed by atoms with van der Waals surface area (Å²) in [5, 5.41) is 16.9. The van der Waals surface area contributed by atoms with Crippen molar-refractivity contribution in [3.63, 3.8) is 0 Å². The second kappa shape index (κ2) is 16.7. The Morgan fingerprint density at radius 1 is 0.571 bits per heavy atom. The van der Waals surface area contributed by atoms with Gasteiger partial charge in [-0.2, -0.15) is 47.0 Å². The average molecular weight is 373 g/mol. The lowest BCUT2D eigenvalue weighted by Crippen LogP contribution is -1.99. The molecule has 0 saturated heterocycles. The van der Waals surface area contributed by atoms with Gasteiger partial charge < -0.3 is 10.2 Å². The van der Waals surface area contributed by atoms with E-state index in [2.05, 4.69) is 0 Å². The Kier molecular flexibility index (Phi) is 17.0. The predicted molar refractivity (Wildman–Crippen MR) is 98.4 cm³/mol. The van der Waals surface area contributed by atoms with Gasteiger partial charge in [0.25, 0.3) is 0 Å². The molecule has 0 bridgehead atoms. The molecule has 0 saturated carbocycles. The quantitative estimate of drug-likeness (QED) is 0.400. The minimum absolute atomic E-state index is 0.214. The van der Waals surface area contributed by atoms with E-state index in [4.69, 9.17) is 10.2 Å². The number of hydrogen-bond acceptors (Lipinski definition) is 6. The molecule has 0 spiro atoms. The van der Waals surface area contributed by atoms with E-state index in [0.717, 1.165) is 35.9 Å². The molecule has 2 N–H and O–H groups in total. The SMILES string of the molecule is O=C(O)CSCCCSCCCSCCCSCC(=O)O. The van der Waals surface area contributed by atoms with E-state index in [-0.39, 0.29) is 11.5 Å². The number of rotatable bonds is 16. The monoisotopic (exact) mass is 372 g/mol. The molecule has 4 nitrogen and oxygen atoms in total. The highest BCUT2D eigenvalue weighted by molar-refractivity contribution is 8.01. The van der Waals surface area contributed by atoms with E-state index in [1.807, 2.05) is 23.5 Å². The van der Waals surface area contributed by atoms with E-state index in [9.17, 15) is 9.59 Å². The summed E-state index contributed by atoms with van der Waals surface area (Å²) >= 11 is 6.86. The summed E-state index contributed by atoms with van der Waals surface area (Å²) in [6, 6.07) is 0. The molecule has 0 atom stereocenters. The third kappa shape index (κ3) is 20.3. The Balaban J connectivity index is 2.99. The maximum atomic E-state index is 10.3. The average Bonchev–Trinajstić information content (AvgIpc) is 2.42. The van der Waals surface area contributed by atoms with Crippen molar-refractivity contribution < 1.29 is 19.8 Å². The van der Waals surface area contributed by atoms with E-state index in [1.165, 1.54) is 41.5 Å². The number of hydrogen-bond donors (Lipinski definition) is 2. The molecular weight excluding hydrogens is 348 g/mol. The molecule has 0 aromatic carbocycles. The summed E-state index contributed by atoms with van der Waals surface area (Å²) in [5.41, 5.74) is 0. The third-order valence-corrected chi connectivity index (χ3v) is 6.55. The Morgan fingerprint density at radius 3 is 1.14 bits per heavy atom. The highest BCUT2D eigenvalue weighted by Gasteiger charge is 1.98. The summed E-state index contributed by atoms with van der Waals surface area (Å²) in [6.07, 6.45) is 3.37. The van der Waals surface area contributed by atoms with Crippen LogP contribution in [0.3, 0.4) is 0 Å². The second-order valence-electron chi connectivity index (χ2n) is 4.18. The number of carboxylic acid groups (broad SMARTS) is 2. The third-order valence-electron chi connectivity index (χ3n) is 2.18. The fourth-order valence-electron chi connectivity index (χ4n) is 1.31. The number of thioether (sulfide) groups is 4. The van der Waals surface area contributed by atoms with Gasteiger partial charge in [0, 0.05) is 0 Å². The predicted octanol–water partition coefficient (Wildman–Crippen LogP) is 3.26. The van der Waals surface area contributed by atoms with Gasteiger partial charge in [-0.1, -0.05) is 0 Å². The van der Waals surface area contributed by atoms with E-state index in [0.29, 0.717) is 0 Å². The lowest BCUT2D eigenvalue weighted by molar-refractivity contribution is -0.134. The molecule has 0 amide bonds. The summed E-state index contributed by atoms with van der Waals surface area (Å²) in [6.45, 7) is 0. The van der Waals surface area contributed by atoms with Gasteiger partial charge in [-0.15, -0.1) is 0 Å². The zero-order chi connectivity index (χ0) is 15.8. The Morgan fingerprint density at radius 2 is 0.857 bits per heavy atom.